The zero-order valence-electron chi connectivity index (χ0n) is 11.8. The van der Waals surface area contributed by atoms with Crippen molar-refractivity contribution in [1.29, 1.82) is 0 Å². The summed E-state index contributed by atoms with van der Waals surface area (Å²) in [6.45, 7) is 0. The van der Waals surface area contributed by atoms with E-state index in [1.54, 1.807) is 0 Å². The van der Waals surface area contributed by atoms with Crippen molar-refractivity contribution < 1.29 is 38.1 Å². The van der Waals surface area contributed by atoms with Crippen LogP contribution in [-0.4, -0.2) is 41.6 Å². The molecule has 0 saturated carbocycles. The number of carbonyl (C=O) groups is 3. The highest BCUT2D eigenvalue weighted by Crippen LogP contribution is 2.24. The van der Waals surface area contributed by atoms with E-state index in [1.807, 2.05) is 0 Å². The minimum Gasteiger partial charge on any atom is -0.478 e. The Morgan fingerprint density at radius 2 is 1.29 bits per heavy atom. The molecule has 0 fully saturated rings. The molecular formula is C15H10O8S. The molecule has 0 aliphatic rings. The van der Waals surface area contributed by atoms with Crippen molar-refractivity contribution in [3.05, 3.63) is 59.2 Å². The SMILES string of the molecule is O=C(O)c1cccc(S(=O)(=O)c2ccc(C(=O)O)c(C(=O)O)c2)c1. The predicted molar refractivity (Wildman–Crippen MR) is 79.2 cm³/mol. The van der Waals surface area contributed by atoms with Crippen LogP contribution in [0.4, 0.5) is 0 Å². The molecule has 0 bridgehead atoms. The molecule has 9 heteroatoms. The number of carboxylic acid groups (broad SMARTS) is 3. The van der Waals surface area contributed by atoms with E-state index in [2.05, 4.69) is 0 Å². The van der Waals surface area contributed by atoms with Gasteiger partial charge in [-0.25, -0.2) is 22.8 Å². The van der Waals surface area contributed by atoms with Crippen molar-refractivity contribution in [2.45, 2.75) is 9.79 Å². The number of benzene rings is 2. The van der Waals surface area contributed by atoms with E-state index in [0.29, 0.717) is 0 Å². The Hall–Kier alpha value is -3.20. The third-order valence-electron chi connectivity index (χ3n) is 3.15. The van der Waals surface area contributed by atoms with E-state index in [1.165, 1.54) is 12.1 Å². The Morgan fingerprint density at radius 3 is 1.83 bits per heavy atom. The first kappa shape index (κ1) is 17.2. The zero-order valence-corrected chi connectivity index (χ0v) is 12.6. The van der Waals surface area contributed by atoms with Crippen molar-refractivity contribution >= 4 is 27.7 Å². The number of aromatic carboxylic acids is 3. The van der Waals surface area contributed by atoms with Gasteiger partial charge in [0.05, 0.1) is 26.5 Å². The van der Waals surface area contributed by atoms with E-state index in [-0.39, 0.29) is 10.5 Å². The van der Waals surface area contributed by atoms with Crippen molar-refractivity contribution in [1.82, 2.24) is 0 Å². The molecule has 0 aliphatic heterocycles. The predicted octanol–water partition coefficient (Wildman–Crippen LogP) is 1.61. The van der Waals surface area contributed by atoms with Gasteiger partial charge in [-0.2, -0.15) is 0 Å². The lowest BCUT2D eigenvalue weighted by molar-refractivity contribution is 0.0651. The highest BCUT2D eigenvalue weighted by molar-refractivity contribution is 7.91. The van der Waals surface area contributed by atoms with Gasteiger partial charge in [-0.05, 0) is 36.4 Å². The van der Waals surface area contributed by atoms with Crippen LogP contribution in [0.15, 0.2) is 52.3 Å². The second-order valence-corrected chi connectivity index (χ2v) is 6.60. The first-order valence-electron chi connectivity index (χ1n) is 6.33. The summed E-state index contributed by atoms with van der Waals surface area (Å²) in [6, 6.07) is 7.10. The van der Waals surface area contributed by atoms with Gasteiger partial charge in [0, 0.05) is 0 Å². The number of carboxylic acids is 3. The normalized spacial score (nSPS) is 11.0. The highest BCUT2D eigenvalue weighted by Gasteiger charge is 2.24. The van der Waals surface area contributed by atoms with Gasteiger partial charge in [-0.3, -0.25) is 0 Å². The number of hydrogen-bond acceptors (Lipinski definition) is 5. The van der Waals surface area contributed by atoms with Gasteiger partial charge >= 0.3 is 17.9 Å². The van der Waals surface area contributed by atoms with Crippen LogP contribution >= 0.6 is 0 Å². The summed E-state index contributed by atoms with van der Waals surface area (Å²) in [4.78, 5) is 32.3. The van der Waals surface area contributed by atoms with Gasteiger partial charge in [0.1, 0.15) is 0 Å². The molecule has 0 spiro atoms. The summed E-state index contributed by atoms with van der Waals surface area (Å²) in [5.41, 5.74) is -1.49. The molecule has 0 saturated heterocycles. The van der Waals surface area contributed by atoms with Gasteiger partial charge < -0.3 is 15.3 Å². The van der Waals surface area contributed by atoms with Gasteiger partial charge in [0.15, 0.2) is 0 Å². The van der Waals surface area contributed by atoms with Crippen molar-refractivity contribution in [3.63, 3.8) is 0 Å². The maximum atomic E-state index is 12.5. The number of hydrogen-bond donors (Lipinski definition) is 3. The molecule has 24 heavy (non-hydrogen) atoms. The monoisotopic (exact) mass is 350 g/mol. The van der Waals surface area contributed by atoms with Crippen LogP contribution in [0.2, 0.25) is 0 Å². The average Bonchev–Trinajstić information content (AvgIpc) is 2.54. The summed E-state index contributed by atoms with van der Waals surface area (Å²) in [7, 11) is -4.21. The summed E-state index contributed by atoms with van der Waals surface area (Å²) < 4.78 is 25.1. The van der Waals surface area contributed by atoms with E-state index in [0.717, 1.165) is 30.3 Å². The maximum absolute atomic E-state index is 12.5. The summed E-state index contributed by atoms with van der Waals surface area (Å²) in [5, 5.41) is 26.9. The second kappa shape index (κ2) is 6.13. The Balaban J connectivity index is 2.64. The zero-order chi connectivity index (χ0) is 18.1. The topological polar surface area (TPSA) is 146 Å². The fourth-order valence-corrected chi connectivity index (χ4v) is 3.32. The first-order valence-corrected chi connectivity index (χ1v) is 7.82. The Bertz CT molecular complexity index is 959. The average molecular weight is 350 g/mol. The molecule has 3 N–H and O–H groups in total. The summed E-state index contributed by atoms with van der Waals surface area (Å²) in [6.07, 6.45) is 0. The maximum Gasteiger partial charge on any atom is 0.336 e. The van der Waals surface area contributed by atoms with Gasteiger partial charge in [0.25, 0.3) is 0 Å². The molecule has 0 aromatic heterocycles. The van der Waals surface area contributed by atoms with Gasteiger partial charge in [-0.1, -0.05) is 6.07 Å². The molecule has 2 aromatic carbocycles. The minimum atomic E-state index is -4.21. The second-order valence-electron chi connectivity index (χ2n) is 4.65. The highest BCUT2D eigenvalue weighted by atomic mass is 32.2. The lowest BCUT2D eigenvalue weighted by atomic mass is 10.1. The molecule has 0 heterocycles. The number of sulfone groups is 1. The quantitative estimate of drug-likeness (QED) is 0.737. The fraction of sp³-hybridized carbons (Fsp3) is 0. The lowest BCUT2D eigenvalue weighted by Crippen LogP contribution is -2.11. The summed E-state index contributed by atoms with van der Waals surface area (Å²) >= 11 is 0. The van der Waals surface area contributed by atoms with E-state index in [4.69, 9.17) is 15.3 Å². The fourth-order valence-electron chi connectivity index (χ4n) is 1.99. The van der Waals surface area contributed by atoms with E-state index < -0.39 is 43.8 Å². The molecule has 8 nitrogen and oxygen atoms in total. The molecular weight excluding hydrogens is 340 g/mol. The van der Waals surface area contributed by atoms with Crippen LogP contribution in [0, 0.1) is 0 Å². The van der Waals surface area contributed by atoms with E-state index >= 15 is 0 Å². The first-order chi connectivity index (χ1) is 11.1. The Morgan fingerprint density at radius 1 is 0.708 bits per heavy atom. The van der Waals surface area contributed by atoms with Crippen LogP contribution in [0.1, 0.15) is 31.1 Å². The van der Waals surface area contributed by atoms with Gasteiger partial charge in [-0.15, -0.1) is 0 Å². The van der Waals surface area contributed by atoms with Crippen LogP contribution in [0.25, 0.3) is 0 Å². The minimum absolute atomic E-state index is 0.253. The third-order valence-corrected chi connectivity index (χ3v) is 4.90. The smallest absolute Gasteiger partial charge is 0.336 e. The molecule has 0 radical (unpaired) electrons. The number of rotatable bonds is 5. The Kier molecular flexibility index (Phi) is 4.38. The molecule has 0 unspecified atom stereocenters. The molecule has 0 amide bonds. The summed E-state index contributed by atoms with van der Waals surface area (Å²) in [5.74, 6) is -4.42. The standard InChI is InChI=1S/C15H10O8S/c16-13(17)8-2-1-3-9(6-8)24(22,23)10-4-5-11(14(18)19)12(7-10)15(20)21/h1-7H,(H,16,17)(H,18,19)(H,20,21). The van der Waals surface area contributed by atoms with Crippen molar-refractivity contribution in [3.8, 4) is 0 Å². The lowest BCUT2D eigenvalue weighted by Gasteiger charge is -2.08. The van der Waals surface area contributed by atoms with Crippen LogP contribution in [0.3, 0.4) is 0 Å². The van der Waals surface area contributed by atoms with Crippen molar-refractivity contribution in [2.24, 2.45) is 0 Å². The molecule has 2 aromatic rings. The van der Waals surface area contributed by atoms with E-state index in [9.17, 15) is 22.8 Å². The molecule has 124 valence electrons. The van der Waals surface area contributed by atoms with Gasteiger partial charge in [0.2, 0.25) is 9.84 Å². The molecule has 0 atom stereocenters. The molecule has 2 rings (SSSR count). The Labute approximate surface area is 135 Å². The van der Waals surface area contributed by atoms with Crippen molar-refractivity contribution in [2.75, 3.05) is 0 Å². The third kappa shape index (κ3) is 3.10. The largest absolute Gasteiger partial charge is 0.478 e. The molecule has 0 aliphatic carbocycles. The van der Waals surface area contributed by atoms with Crippen LogP contribution in [-0.2, 0) is 9.84 Å². The van der Waals surface area contributed by atoms with Crippen LogP contribution in [0.5, 0.6) is 0 Å². The van der Waals surface area contributed by atoms with Crippen LogP contribution < -0.4 is 0 Å².